The first-order valence-electron chi connectivity index (χ1n) is 4.46. The quantitative estimate of drug-likeness (QED) is 0.584. The van der Waals surface area contributed by atoms with E-state index in [1.807, 2.05) is 24.3 Å². The molecular formula is C11H13BrO. The Morgan fingerprint density at radius 1 is 1.31 bits per heavy atom. The van der Waals surface area contributed by atoms with Crippen molar-refractivity contribution >= 4 is 21.7 Å². The van der Waals surface area contributed by atoms with E-state index in [0.29, 0.717) is 6.42 Å². The first-order chi connectivity index (χ1) is 6.27. The van der Waals surface area contributed by atoms with Crippen LogP contribution in [0.15, 0.2) is 24.3 Å². The molecule has 0 unspecified atom stereocenters. The number of Topliss-reactive ketones (excluding diaryl/α,β-unsaturated/α-hetero) is 1. The monoisotopic (exact) mass is 240 g/mol. The van der Waals surface area contributed by atoms with Gasteiger partial charge in [-0.1, -0.05) is 47.1 Å². The highest BCUT2D eigenvalue weighted by Gasteiger charge is 2.03. The zero-order chi connectivity index (χ0) is 9.68. The first kappa shape index (κ1) is 10.5. The van der Waals surface area contributed by atoms with Gasteiger partial charge < -0.3 is 0 Å². The Morgan fingerprint density at radius 2 is 1.92 bits per heavy atom. The number of ketones is 1. The van der Waals surface area contributed by atoms with Crippen LogP contribution in [-0.4, -0.2) is 11.1 Å². The van der Waals surface area contributed by atoms with Gasteiger partial charge in [-0.25, -0.2) is 0 Å². The van der Waals surface area contributed by atoms with E-state index in [-0.39, 0.29) is 5.78 Å². The lowest BCUT2D eigenvalue weighted by molar-refractivity contribution is 0.0990. The number of carbonyl (C=O) groups excluding carboxylic acids is 1. The summed E-state index contributed by atoms with van der Waals surface area (Å²) >= 11 is 3.25. The summed E-state index contributed by atoms with van der Waals surface area (Å²) in [4.78, 5) is 11.4. The van der Waals surface area contributed by atoms with Crippen LogP contribution in [0.4, 0.5) is 0 Å². The number of hydrogen-bond acceptors (Lipinski definition) is 1. The van der Waals surface area contributed by atoms with Gasteiger partial charge in [-0.2, -0.15) is 0 Å². The van der Waals surface area contributed by atoms with E-state index >= 15 is 0 Å². The van der Waals surface area contributed by atoms with Gasteiger partial charge in [0.1, 0.15) is 0 Å². The normalized spacial score (nSPS) is 10.0. The van der Waals surface area contributed by atoms with E-state index in [9.17, 15) is 4.79 Å². The molecule has 0 aromatic heterocycles. The molecule has 1 aromatic rings. The van der Waals surface area contributed by atoms with Crippen LogP contribution >= 0.6 is 15.9 Å². The number of rotatable bonds is 4. The van der Waals surface area contributed by atoms with Gasteiger partial charge in [0.2, 0.25) is 0 Å². The van der Waals surface area contributed by atoms with Crippen LogP contribution in [0, 0.1) is 0 Å². The third-order valence-corrected chi connectivity index (χ3v) is 2.40. The summed E-state index contributed by atoms with van der Waals surface area (Å²) in [7, 11) is 0. The molecule has 0 fully saturated rings. The van der Waals surface area contributed by atoms with Crippen LogP contribution in [0.5, 0.6) is 0 Å². The molecule has 1 aromatic carbocycles. The standard InChI is InChI=1S/C11H13BrO/c1-2-9-3-5-10(6-4-9)11(13)7-8-12/h3-6H,2,7-8H2,1H3. The van der Waals surface area contributed by atoms with Crippen molar-refractivity contribution in [3.63, 3.8) is 0 Å². The highest BCUT2D eigenvalue weighted by Crippen LogP contribution is 2.08. The number of aryl methyl sites for hydroxylation is 1. The first-order valence-corrected chi connectivity index (χ1v) is 5.58. The molecule has 0 aliphatic rings. The van der Waals surface area contributed by atoms with E-state index in [1.165, 1.54) is 5.56 Å². The number of halogens is 1. The molecule has 0 atom stereocenters. The van der Waals surface area contributed by atoms with Crippen LogP contribution in [0.3, 0.4) is 0 Å². The summed E-state index contributed by atoms with van der Waals surface area (Å²) < 4.78 is 0. The summed E-state index contributed by atoms with van der Waals surface area (Å²) in [5.41, 5.74) is 2.09. The Balaban J connectivity index is 2.74. The van der Waals surface area contributed by atoms with Gasteiger partial charge in [0.05, 0.1) is 0 Å². The van der Waals surface area contributed by atoms with E-state index in [0.717, 1.165) is 17.3 Å². The Bertz CT molecular complexity index is 277. The number of hydrogen-bond donors (Lipinski definition) is 0. The molecule has 0 amide bonds. The molecule has 13 heavy (non-hydrogen) atoms. The number of alkyl halides is 1. The van der Waals surface area contributed by atoms with Crippen molar-refractivity contribution in [3.05, 3.63) is 35.4 Å². The minimum atomic E-state index is 0.208. The van der Waals surface area contributed by atoms with Gasteiger partial charge in [-0.05, 0) is 12.0 Å². The van der Waals surface area contributed by atoms with Crippen molar-refractivity contribution in [1.82, 2.24) is 0 Å². The molecule has 1 rings (SSSR count). The zero-order valence-corrected chi connectivity index (χ0v) is 9.30. The fourth-order valence-electron chi connectivity index (χ4n) is 1.16. The summed E-state index contributed by atoms with van der Waals surface area (Å²) in [5, 5.41) is 0.737. The van der Waals surface area contributed by atoms with Crippen LogP contribution in [0.2, 0.25) is 0 Å². The van der Waals surface area contributed by atoms with E-state index in [4.69, 9.17) is 0 Å². The minimum absolute atomic E-state index is 0.208. The summed E-state index contributed by atoms with van der Waals surface area (Å²) in [6.07, 6.45) is 1.60. The average molecular weight is 241 g/mol. The van der Waals surface area contributed by atoms with Crippen molar-refractivity contribution < 1.29 is 4.79 Å². The Morgan fingerprint density at radius 3 is 2.38 bits per heavy atom. The van der Waals surface area contributed by atoms with Gasteiger partial charge in [0.25, 0.3) is 0 Å². The molecule has 0 saturated heterocycles. The molecule has 1 nitrogen and oxygen atoms in total. The largest absolute Gasteiger partial charge is 0.294 e. The molecule has 70 valence electrons. The molecular weight excluding hydrogens is 228 g/mol. The van der Waals surface area contributed by atoms with E-state index in [2.05, 4.69) is 22.9 Å². The SMILES string of the molecule is CCc1ccc(C(=O)CCBr)cc1. The second kappa shape index (κ2) is 5.18. The van der Waals surface area contributed by atoms with E-state index in [1.54, 1.807) is 0 Å². The molecule has 2 heteroatoms. The third-order valence-electron chi connectivity index (χ3n) is 2.01. The average Bonchev–Trinajstić information content (AvgIpc) is 2.18. The minimum Gasteiger partial charge on any atom is -0.294 e. The predicted molar refractivity (Wildman–Crippen MR) is 58.6 cm³/mol. The van der Waals surface area contributed by atoms with Gasteiger partial charge in [-0.15, -0.1) is 0 Å². The highest BCUT2D eigenvalue weighted by atomic mass is 79.9. The van der Waals surface area contributed by atoms with Crippen molar-refractivity contribution in [3.8, 4) is 0 Å². The lowest BCUT2D eigenvalue weighted by Crippen LogP contribution is -1.99. The lowest BCUT2D eigenvalue weighted by Gasteiger charge is -2.00. The van der Waals surface area contributed by atoms with Crippen molar-refractivity contribution in [2.75, 3.05) is 5.33 Å². The van der Waals surface area contributed by atoms with Crippen LogP contribution in [0.25, 0.3) is 0 Å². The smallest absolute Gasteiger partial charge is 0.163 e. The molecule has 0 N–H and O–H groups in total. The highest BCUT2D eigenvalue weighted by molar-refractivity contribution is 9.09. The molecule has 0 radical (unpaired) electrons. The summed E-state index contributed by atoms with van der Waals surface area (Å²) in [6, 6.07) is 7.84. The van der Waals surface area contributed by atoms with Crippen molar-refractivity contribution in [1.29, 1.82) is 0 Å². The number of carbonyl (C=O) groups is 1. The van der Waals surface area contributed by atoms with Crippen LogP contribution in [-0.2, 0) is 6.42 Å². The second-order valence-corrected chi connectivity index (χ2v) is 3.71. The van der Waals surface area contributed by atoms with E-state index < -0.39 is 0 Å². The summed E-state index contributed by atoms with van der Waals surface area (Å²) in [6.45, 7) is 2.11. The summed E-state index contributed by atoms with van der Waals surface area (Å²) in [5.74, 6) is 0.208. The topological polar surface area (TPSA) is 17.1 Å². The number of benzene rings is 1. The fraction of sp³-hybridized carbons (Fsp3) is 0.364. The Hall–Kier alpha value is -0.630. The fourth-order valence-corrected chi connectivity index (χ4v) is 1.52. The van der Waals surface area contributed by atoms with Gasteiger partial charge in [-0.3, -0.25) is 4.79 Å². The van der Waals surface area contributed by atoms with Crippen LogP contribution in [0.1, 0.15) is 29.3 Å². The third kappa shape index (κ3) is 2.96. The maximum absolute atomic E-state index is 11.4. The predicted octanol–water partition coefficient (Wildman–Crippen LogP) is 3.22. The van der Waals surface area contributed by atoms with Gasteiger partial charge >= 0.3 is 0 Å². The molecule has 0 heterocycles. The molecule has 0 aliphatic carbocycles. The zero-order valence-electron chi connectivity index (χ0n) is 7.72. The van der Waals surface area contributed by atoms with Crippen LogP contribution < -0.4 is 0 Å². The van der Waals surface area contributed by atoms with Gasteiger partial charge in [0.15, 0.2) is 5.78 Å². The van der Waals surface area contributed by atoms with Crippen molar-refractivity contribution in [2.24, 2.45) is 0 Å². The maximum Gasteiger partial charge on any atom is 0.163 e. The molecule has 0 bridgehead atoms. The molecule has 0 spiro atoms. The van der Waals surface area contributed by atoms with Gasteiger partial charge in [0, 0.05) is 17.3 Å². The molecule has 0 saturated carbocycles. The van der Waals surface area contributed by atoms with Crippen molar-refractivity contribution in [2.45, 2.75) is 19.8 Å². The Kier molecular flexibility index (Phi) is 4.16. The maximum atomic E-state index is 11.4. The Labute approximate surface area is 87.3 Å². The molecule has 0 aliphatic heterocycles. The second-order valence-electron chi connectivity index (χ2n) is 2.91. The lowest BCUT2D eigenvalue weighted by atomic mass is 10.1.